The molecule has 0 unspecified atom stereocenters. The summed E-state index contributed by atoms with van der Waals surface area (Å²) >= 11 is 0. The van der Waals surface area contributed by atoms with E-state index in [0.717, 1.165) is 12.8 Å². The molecular formula is C22H29NO6. The van der Waals surface area contributed by atoms with Crippen LogP contribution in [0.5, 0.6) is 5.75 Å². The van der Waals surface area contributed by atoms with Gasteiger partial charge in [0.15, 0.2) is 5.78 Å². The van der Waals surface area contributed by atoms with E-state index in [9.17, 15) is 19.2 Å². The first-order chi connectivity index (χ1) is 14.0. The van der Waals surface area contributed by atoms with E-state index in [1.54, 1.807) is 31.2 Å². The van der Waals surface area contributed by atoms with Crippen molar-refractivity contribution in [2.75, 3.05) is 19.8 Å². The summed E-state index contributed by atoms with van der Waals surface area (Å²) in [7, 11) is 0. The van der Waals surface area contributed by atoms with Crippen LogP contribution in [0.15, 0.2) is 24.3 Å². The van der Waals surface area contributed by atoms with Crippen molar-refractivity contribution < 1.29 is 28.7 Å². The molecule has 1 saturated heterocycles. The Morgan fingerprint density at radius 3 is 2.45 bits per heavy atom. The molecule has 7 nitrogen and oxygen atoms in total. The van der Waals surface area contributed by atoms with Crippen LogP contribution in [0.3, 0.4) is 0 Å². The summed E-state index contributed by atoms with van der Waals surface area (Å²) in [6.07, 6.45) is 3.16. The first-order valence-corrected chi connectivity index (χ1v) is 10.2. The normalized spacial score (nSPS) is 15.8. The number of likely N-dealkylation sites (tertiary alicyclic amines) is 1. The maximum atomic E-state index is 12.5. The third-order valence-electron chi connectivity index (χ3n) is 4.86. The lowest BCUT2D eigenvalue weighted by atomic mass is 10.1. The van der Waals surface area contributed by atoms with Gasteiger partial charge in [-0.05, 0) is 50.5 Å². The molecule has 0 radical (unpaired) electrons. The largest absolute Gasteiger partial charge is 0.494 e. The molecule has 0 N–H and O–H groups in total. The molecule has 0 saturated carbocycles. The average Bonchev–Trinajstić information content (AvgIpc) is 3.22. The van der Waals surface area contributed by atoms with Gasteiger partial charge in [-0.15, -0.1) is 0 Å². The number of hydrogen-bond donors (Lipinski definition) is 0. The van der Waals surface area contributed by atoms with Crippen molar-refractivity contribution in [2.24, 2.45) is 0 Å². The van der Waals surface area contributed by atoms with Crippen molar-refractivity contribution in [3.8, 4) is 5.75 Å². The van der Waals surface area contributed by atoms with Gasteiger partial charge in [-0.3, -0.25) is 14.4 Å². The fraction of sp³-hybridized carbons (Fsp3) is 0.545. The van der Waals surface area contributed by atoms with Crippen LogP contribution < -0.4 is 4.74 Å². The van der Waals surface area contributed by atoms with Crippen LogP contribution in [-0.4, -0.2) is 54.1 Å². The Kier molecular flexibility index (Phi) is 8.83. The molecule has 0 bridgehead atoms. The fourth-order valence-corrected chi connectivity index (χ4v) is 3.26. The number of unbranched alkanes of at least 4 members (excludes halogenated alkanes) is 1. The molecule has 7 heteroatoms. The predicted octanol–water partition coefficient (Wildman–Crippen LogP) is 2.95. The maximum Gasteiger partial charge on any atom is 0.376 e. The molecule has 158 valence electrons. The minimum atomic E-state index is -0.908. The van der Waals surface area contributed by atoms with Crippen molar-refractivity contribution in [1.29, 1.82) is 0 Å². The fourth-order valence-electron chi connectivity index (χ4n) is 3.26. The van der Waals surface area contributed by atoms with Crippen molar-refractivity contribution >= 4 is 23.4 Å². The van der Waals surface area contributed by atoms with Crippen LogP contribution in [0, 0.1) is 0 Å². The molecule has 1 aliphatic rings. The number of carbonyl (C=O) groups excluding carboxylic acids is 4. The highest BCUT2D eigenvalue weighted by atomic mass is 16.5. The summed E-state index contributed by atoms with van der Waals surface area (Å²) in [5, 5.41) is 0. The summed E-state index contributed by atoms with van der Waals surface area (Å²) in [6.45, 7) is 4.87. The molecule has 0 spiro atoms. The Bertz CT molecular complexity index is 727. The number of esters is 1. The molecule has 1 atom stereocenters. The predicted molar refractivity (Wildman–Crippen MR) is 107 cm³/mol. The summed E-state index contributed by atoms with van der Waals surface area (Å²) < 4.78 is 10.3. The number of carbonyl (C=O) groups is 4. The van der Waals surface area contributed by atoms with Gasteiger partial charge >= 0.3 is 5.97 Å². The van der Waals surface area contributed by atoms with E-state index in [1.807, 2.05) is 0 Å². The van der Waals surface area contributed by atoms with Gasteiger partial charge in [-0.2, -0.15) is 0 Å². The third kappa shape index (κ3) is 6.41. The molecule has 1 amide bonds. The smallest absolute Gasteiger partial charge is 0.376 e. The second-order valence-corrected chi connectivity index (χ2v) is 6.98. The minimum Gasteiger partial charge on any atom is -0.494 e. The summed E-state index contributed by atoms with van der Waals surface area (Å²) in [5.41, 5.74) is 0.515. The SMILES string of the molecule is CCCCOc1ccc(C(=O)CCC(=O)N2CCC[C@H]2C(=O)C(=O)OCC)cc1. The van der Waals surface area contributed by atoms with Crippen LogP contribution in [0.25, 0.3) is 0 Å². The summed E-state index contributed by atoms with van der Waals surface area (Å²) in [4.78, 5) is 50.2. The van der Waals surface area contributed by atoms with Gasteiger partial charge in [0.2, 0.25) is 5.91 Å². The van der Waals surface area contributed by atoms with Crippen molar-refractivity contribution in [2.45, 2.75) is 58.4 Å². The first-order valence-electron chi connectivity index (χ1n) is 10.2. The monoisotopic (exact) mass is 403 g/mol. The molecule has 1 aromatic carbocycles. The zero-order valence-corrected chi connectivity index (χ0v) is 17.1. The third-order valence-corrected chi connectivity index (χ3v) is 4.86. The second-order valence-electron chi connectivity index (χ2n) is 6.98. The first kappa shape index (κ1) is 22.6. The second kappa shape index (κ2) is 11.3. The van der Waals surface area contributed by atoms with E-state index >= 15 is 0 Å². The molecule has 1 aromatic rings. The molecular weight excluding hydrogens is 374 g/mol. The number of ketones is 2. The Hall–Kier alpha value is -2.70. The number of amides is 1. The highest BCUT2D eigenvalue weighted by Crippen LogP contribution is 2.21. The van der Waals surface area contributed by atoms with Crippen LogP contribution in [0.1, 0.15) is 62.7 Å². The lowest BCUT2D eigenvalue weighted by Gasteiger charge is -2.22. The number of ether oxygens (including phenoxy) is 2. The quantitative estimate of drug-likeness (QED) is 0.244. The van der Waals surface area contributed by atoms with Crippen LogP contribution in [-0.2, 0) is 19.1 Å². The zero-order valence-electron chi connectivity index (χ0n) is 17.1. The lowest BCUT2D eigenvalue weighted by Crippen LogP contribution is -2.43. The summed E-state index contributed by atoms with van der Waals surface area (Å²) in [5.74, 6) is -1.33. The topological polar surface area (TPSA) is 90.0 Å². The van der Waals surface area contributed by atoms with E-state index < -0.39 is 17.8 Å². The van der Waals surface area contributed by atoms with E-state index in [4.69, 9.17) is 9.47 Å². The van der Waals surface area contributed by atoms with E-state index in [0.29, 0.717) is 37.3 Å². The Morgan fingerprint density at radius 2 is 1.79 bits per heavy atom. The Morgan fingerprint density at radius 1 is 1.07 bits per heavy atom. The molecule has 0 aromatic heterocycles. The van der Waals surface area contributed by atoms with Crippen LogP contribution in [0.2, 0.25) is 0 Å². The number of nitrogens with zero attached hydrogens (tertiary/aromatic N) is 1. The number of benzene rings is 1. The van der Waals surface area contributed by atoms with Gasteiger partial charge in [0.05, 0.1) is 13.2 Å². The number of hydrogen-bond acceptors (Lipinski definition) is 6. The molecule has 2 rings (SSSR count). The van der Waals surface area contributed by atoms with Gasteiger partial charge in [-0.1, -0.05) is 13.3 Å². The number of Topliss-reactive ketones (excluding diaryl/α,β-unsaturated/α-hetero) is 2. The Labute approximate surface area is 171 Å². The van der Waals surface area contributed by atoms with E-state index in [2.05, 4.69) is 6.92 Å². The molecule has 0 aliphatic carbocycles. The molecule has 29 heavy (non-hydrogen) atoms. The molecule has 1 aliphatic heterocycles. The maximum absolute atomic E-state index is 12.5. The van der Waals surface area contributed by atoms with Crippen LogP contribution in [0.4, 0.5) is 0 Å². The zero-order chi connectivity index (χ0) is 21.2. The van der Waals surface area contributed by atoms with Gasteiger partial charge in [0.25, 0.3) is 5.78 Å². The highest BCUT2D eigenvalue weighted by molar-refractivity contribution is 6.36. The van der Waals surface area contributed by atoms with Crippen molar-refractivity contribution in [1.82, 2.24) is 4.90 Å². The number of rotatable bonds is 11. The molecule has 1 fully saturated rings. The standard InChI is InChI=1S/C22H29NO6/c1-3-5-15-29-17-10-8-16(9-11-17)19(24)12-13-20(25)23-14-6-7-18(23)21(26)22(27)28-4-2/h8-11,18H,3-7,12-15H2,1-2H3/t18-/m0/s1. The van der Waals surface area contributed by atoms with Gasteiger partial charge in [0, 0.05) is 24.9 Å². The van der Waals surface area contributed by atoms with E-state index in [-0.39, 0.29) is 31.1 Å². The van der Waals surface area contributed by atoms with Crippen molar-refractivity contribution in [3.05, 3.63) is 29.8 Å². The summed E-state index contributed by atoms with van der Waals surface area (Å²) in [6, 6.07) is 6.10. The van der Waals surface area contributed by atoms with Gasteiger partial charge in [-0.25, -0.2) is 4.79 Å². The Balaban J connectivity index is 1.86. The average molecular weight is 403 g/mol. The molecule has 1 heterocycles. The van der Waals surface area contributed by atoms with E-state index in [1.165, 1.54) is 4.90 Å². The highest BCUT2D eigenvalue weighted by Gasteiger charge is 2.37. The van der Waals surface area contributed by atoms with Gasteiger partial charge < -0.3 is 14.4 Å². The van der Waals surface area contributed by atoms with Crippen molar-refractivity contribution in [3.63, 3.8) is 0 Å². The minimum absolute atomic E-state index is 0.000189. The lowest BCUT2D eigenvalue weighted by molar-refractivity contribution is -0.156. The van der Waals surface area contributed by atoms with Crippen LogP contribution >= 0.6 is 0 Å². The van der Waals surface area contributed by atoms with Gasteiger partial charge in [0.1, 0.15) is 11.8 Å².